The van der Waals surface area contributed by atoms with Crippen LogP contribution in [0, 0.1) is 0 Å². The van der Waals surface area contributed by atoms with Crippen molar-refractivity contribution < 1.29 is 4.79 Å². The number of rotatable bonds is 6. The predicted molar refractivity (Wildman–Crippen MR) is 133 cm³/mol. The number of thiophene rings is 1. The second-order valence-electron chi connectivity index (χ2n) is 7.62. The third kappa shape index (κ3) is 4.60. The third-order valence-corrected chi connectivity index (χ3v) is 7.54. The van der Waals surface area contributed by atoms with Crippen molar-refractivity contribution in [3.63, 3.8) is 0 Å². The summed E-state index contributed by atoms with van der Waals surface area (Å²) >= 11 is 2.84. The van der Waals surface area contributed by atoms with Gasteiger partial charge in [-0.25, -0.2) is 10.4 Å². The van der Waals surface area contributed by atoms with Crippen molar-refractivity contribution in [1.82, 2.24) is 20.0 Å². The normalized spacial score (nSPS) is 13.3. The maximum atomic E-state index is 13.6. The van der Waals surface area contributed by atoms with Crippen molar-refractivity contribution >= 4 is 45.4 Å². The van der Waals surface area contributed by atoms with Gasteiger partial charge >= 0.3 is 0 Å². The number of nitrogens with zero attached hydrogens (tertiary/aromatic N) is 4. The maximum absolute atomic E-state index is 13.6. The summed E-state index contributed by atoms with van der Waals surface area (Å²) in [5.41, 5.74) is 5.20. The van der Waals surface area contributed by atoms with E-state index in [-0.39, 0.29) is 17.2 Å². The Balaban J connectivity index is 1.44. The smallest absolute Gasteiger partial charge is 0.267 e. The van der Waals surface area contributed by atoms with Crippen molar-refractivity contribution in [3.05, 3.63) is 81.2 Å². The summed E-state index contributed by atoms with van der Waals surface area (Å²) in [6.45, 7) is 0. The zero-order valence-corrected chi connectivity index (χ0v) is 19.4. The van der Waals surface area contributed by atoms with Crippen molar-refractivity contribution in [2.75, 3.05) is 5.75 Å². The average molecular weight is 476 g/mol. The zero-order chi connectivity index (χ0) is 22.6. The van der Waals surface area contributed by atoms with Gasteiger partial charge in [0.05, 0.1) is 23.0 Å². The van der Waals surface area contributed by atoms with Gasteiger partial charge in [0.1, 0.15) is 4.83 Å². The van der Waals surface area contributed by atoms with Crippen molar-refractivity contribution in [2.45, 2.75) is 30.8 Å². The SMILES string of the molecule is O=C(CSc1nc2sc3c(c2c(=O)n1-c1ccccc1)CCCC3)N/N=C\c1ccncc1. The number of amides is 1. The van der Waals surface area contributed by atoms with Gasteiger partial charge in [0.25, 0.3) is 11.5 Å². The van der Waals surface area contributed by atoms with E-state index in [0.717, 1.165) is 52.7 Å². The zero-order valence-electron chi connectivity index (χ0n) is 17.7. The highest BCUT2D eigenvalue weighted by molar-refractivity contribution is 7.99. The molecule has 3 heterocycles. The maximum Gasteiger partial charge on any atom is 0.267 e. The molecule has 1 aliphatic carbocycles. The lowest BCUT2D eigenvalue weighted by Crippen LogP contribution is -2.24. The molecule has 0 radical (unpaired) electrons. The van der Waals surface area contributed by atoms with Crippen LogP contribution < -0.4 is 11.0 Å². The number of thioether (sulfide) groups is 1. The van der Waals surface area contributed by atoms with Crippen LogP contribution in [0.4, 0.5) is 0 Å². The number of hydrogen-bond donors (Lipinski definition) is 1. The fourth-order valence-electron chi connectivity index (χ4n) is 3.88. The fourth-order valence-corrected chi connectivity index (χ4v) is 5.99. The number of fused-ring (bicyclic) bond motifs is 3. The molecule has 0 saturated carbocycles. The van der Waals surface area contributed by atoms with Crippen molar-refractivity contribution in [2.24, 2.45) is 5.10 Å². The van der Waals surface area contributed by atoms with Gasteiger partial charge in [-0.15, -0.1) is 11.3 Å². The van der Waals surface area contributed by atoms with Crippen LogP contribution in [0.2, 0.25) is 0 Å². The third-order valence-electron chi connectivity index (χ3n) is 5.41. The number of aromatic nitrogens is 3. The molecule has 0 spiro atoms. The monoisotopic (exact) mass is 475 g/mol. The van der Waals surface area contributed by atoms with E-state index in [2.05, 4.69) is 15.5 Å². The lowest BCUT2D eigenvalue weighted by molar-refractivity contribution is -0.118. The Morgan fingerprint density at radius 1 is 1.15 bits per heavy atom. The summed E-state index contributed by atoms with van der Waals surface area (Å²) in [5, 5.41) is 5.23. The molecule has 0 fully saturated rings. The minimum Gasteiger partial charge on any atom is -0.272 e. The largest absolute Gasteiger partial charge is 0.272 e. The van der Waals surface area contributed by atoms with Crippen LogP contribution in [-0.2, 0) is 17.6 Å². The van der Waals surface area contributed by atoms with Gasteiger partial charge in [-0.2, -0.15) is 5.10 Å². The van der Waals surface area contributed by atoms with Crippen LogP contribution >= 0.6 is 23.1 Å². The van der Waals surface area contributed by atoms with Crippen LogP contribution in [0.25, 0.3) is 15.9 Å². The number of aryl methyl sites for hydroxylation is 2. The van der Waals surface area contributed by atoms with Gasteiger partial charge in [0, 0.05) is 17.3 Å². The van der Waals surface area contributed by atoms with E-state index in [0.29, 0.717) is 5.16 Å². The average Bonchev–Trinajstić information content (AvgIpc) is 3.23. The molecule has 0 unspecified atom stereocenters. The number of carbonyl (C=O) groups excluding carboxylic acids is 1. The molecule has 5 rings (SSSR count). The molecule has 1 N–H and O–H groups in total. The van der Waals surface area contributed by atoms with Gasteiger partial charge < -0.3 is 0 Å². The highest BCUT2D eigenvalue weighted by Crippen LogP contribution is 2.35. The Morgan fingerprint density at radius 2 is 1.94 bits per heavy atom. The first-order valence-electron chi connectivity index (χ1n) is 10.7. The first-order valence-corrected chi connectivity index (χ1v) is 12.5. The van der Waals surface area contributed by atoms with Crippen molar-refractivity contribution in [3.8, 4) is 5.69 Å². The number of carbonyl (C=O) groups is 1. The van der Waals surface area contributed by atoms with Gasteiger partial charge in [-0.05, 0) is 61.1 Å². The van der Waals surface area contributed by atoms with Crippen LogP contribution in [0.3, 0.4) is 0 Å². The van der Waals surface area contributed by atoms with Crippen LogP contribution in [0.1, 0.15) is 28.8 Å². The second-order valence-corrected chi connectivity index (χ2v) is 9.65. The summed E-state index contributed by atoms with van der Waals surface area (Å²) in [6, 6.07) is 13.1. The molecule has 0 bridgehead atoms. The standard InChI is InChI=1S/C24H21N5O2S2/c30-20(28-26-14-16-10-12-25-13-11-16)15-32-24-27-22-21(18-8-4-5-9-19(18)33-22)23(31)29(24)17-6-2-1-3-7-17/h1-3,6-7,10-14H,4-5,8-9,15H2,(H,28,30)/b26-14-. The Labute approximate surface area is 198 Å². The molecule has 166 valence electrons. The first-order chi connectivity index (χ1) is 16.2. The van der Waals surface area contributed by atoms with Gasteiger partial charge in [-0.3, -0.25) is 19.1 Å². The number of hydrogen-bond acceptors (Lipinski definition) is 7. The summed E-state index contributed by atoms with van der Waals surface area (Å²) in [7, 11) is 0. The molecule has 9 heteroatoms. The Morgan fingerprint density at radius 3 is 2.76 bits per heavy atom. The van der Waals surface area contributed by atoms with E-state index in [1.54, 1.807) is 46.6 Å². The fraction of sp³-hybridized carbons (Fsp3) is 0.208. The molecule has 3 aromatic heterocycles. The molecule has 1 aromatic carbocycles. The molecule has 1 aliphatic rings. The summed E-state index contributed by atoms with van der Waals surface area (Å²) < 4.78 is 1.63. The molecule has 0 aliphatic heterocycles. The van der Waals surface area contributed by atoms with E-state index < -0.39 is 0 Å². The number of hydrazone groups is 1. The number of para-hydroxylation sites is 1. The predicted octanol–water partition coefficient (Wildman–Crippen LogP) is 3.96. The van der Waals surface area contributed by atoms with Gasteiger partial charge in [-0.1, -0.05) is 30.0 Å². The molecule has 0 atom stereocenters. The minimum absolute atomic E-state index is 0.0655. The summed E-state index contributed by atoms with van der Waals surface area (Å²) in [6.07, 6.45) is 9.05. The Hall–Kier alpha value is -3.30. The number of pyridine rings is 1. The first kappa shape index (κ1) is 21.5. The minimum atomic E-state index is -0.273. The Bertz CT molecular complexity index is 1380. The van der Waals surface area contributed by atoms with E-state index in [1.165, 1.54) is 16.6 Å². The lowest BCUT2D eigenvalue weighted by atomic mass is 9.97. The molecule has 4 aromatic rings. The highest BCUT2D eigenvalue weighted by Gasteiger charge is 2.23. The lowest BCUT2D eigenvalue weighted by Gasteiger charge is -2.13. The number of benzene rings is 1. The highest BCUT2D eigenvalue weighted by atomic mass is 32.2. The molecular formula is C24H21N5O2S2. The molecule has 33 heavy (non-hydrogen) atoms. The molecular weight excluding hydrogens is 454 g/mol. The molecule has 1 amide bonds. The second kappa shape index (κ2) is 9.68. The number of nitrogens with one attached hydrogen (secondary N) is 1. The van der Waals surface area contributed by atoms with Crippen LogP contribution in [0.15, 0.2) is 69.9 Å². The van der Waals surface area contributed by atoms with Crippen molar-refractivity contribution in [1.29, 1.82) is 0 Å². The topological polar surface area (TPSA) is 89.2 Å². The Kier molecular flexibility index (Phi) is 6.32. The van der Waals surface area contributed by atoms with Gasteiger partial charge in [0.15, 0.2) is 5.16 Å². The summed E-state index contributed by atoms with van der Waals surface area (Å²) in [4.78, 5) is 36.9. The van der Waals surface area contributed by atoms with E-state index in [9.17, 15) is 9.59 Å². The van der Waals surface area contributed by atoms with E-state index >= 15 is 0 Å². The van der Waals surface area contributed by atoms with Gasteiger partial charge in [0.2, 0.25) is 0 Å². The quantitative estimate of drug-likeness (QED) is 0.197. The summed E-state index contributed by atoms with van der Waals surface area (Å²) in [5.74, 6) is -0.187. The molecule has 7 nitrogen and oxygen atoms in total. The van der Waals surface area contributed by atoms with E-state index in [4.69, 9.17) is 4.98 Å². The van der Waals surface area contributed by atoms with Crippen LogP contribution in [0.5, 0.6) is 0 Å². The van der Waals surface area contributed by atoms with Crippen LogP contribution in [-0.4, -0.2) is 32.4 Å². The van der Waals surface area contributed by atoms with E-state index in [1.807, 2.05) is 30.3 Å². The molecule has 0 saturated heterocycles.